The van der Waals surface area contributed by atoms with Crippen molar-refractivity contribution < 1.29 is 23.1 Å². The predicted molar refractivity (Wildman–Crippen MR) is 72.7 cm³/mol. The highest BCUT2D eigenvalue weighted by Gasteiger charge is 2.29. The third-order valence-corrected chi connectivity index (χ3v) is 5.25. The van der Waals surface area contributed by atoms with Crippen LogP contribution in [0.4, 0.5) is 0 Å². The molecule has 0 saturated carbocycles. The van der Waals surface area contributed by atoms with E-state index in [1.54, 1.807) is 0 Å². The largest absolute Gasteiger partial charge is 0.496 e. The number of carboxylic acids is 1. The zero-order valence-corrected chi connectivity index (χ0v) is 13.0. The molecule has 1 N–H and O–H groups in total. The summed E-state index contributed by atoms with van der Waals surface area (Å²) in [6, 6.07) is 3.09. The van der Waals surface area contributed by atoms with Crippen LogP contribution in [-0.4, -0.2) is 44.0 Å². The second kappa shape index (κ2) is 5.89. The van der Waals surface area contributed by atoms with E-state index in [4.69, 9.17) is 9.84 Å². The maximum absolute atomic E-state index is 12.2. The average Bonchev–Trinajstić information content (AvgIpc) is 2.36. The highest BCUT2D eigenvalue weighted by Crippen LogP contribution is 2.28. The smallest absolute Gasteiger partial charge is 0.321 e. The summed E-state index contributed by atoms with van der Waals surface area (Å²) in [7, 11) is -1.17. The summed E-state index contributed by atoms with van der Waals surface area (Å²) in [5, 5.41) is 8.86. The average molecular weight is 352 g/mol. The van der Waals surface area contributed by atoms with E-state index in [2.05, 4.69) is 15.9 Å². The lowest BCUT2D eigenvalue weighted by atomic mass is 10.3. The van der Waals surface area contributed by atoms with Gasteiger partial charge in [0, 0.05) is 7.05 Å². The van der Waals surface area contributed by atoms with E-state index in [1.807, 2.05) is 0 Å². The van der Waals surface area contributed by atoms with E-state index in [-0.39, 0.29) is 4.90 Å². The Morgan fingerprint density at radius 3 is 2.47 bits per heavy atom. The molecule has 0 aliphatic carbocycles. The van der Waals surface area contributed by atoms with Gasteiger partial charge in [-0.1, -0.05) is 0 Å². The van der Waals surface area contributed by atoms with Crippen molar-refractivity contribution in [1.82, 2.24) is 4.31 Å². The van der Waals surface area contributed by atoms with Gasteiger partial charge in [0.1, 0.15) is 11.8 Å². The van der Waals surface area contributed by atoms with Crippen LogP contribution in [0.15, 0.2) is 27.6 Å². The molecule has 1 rings (SSSR count). The highest BCUT2D eigenvalue weighted by atomic mass is 79.9. The Labute approximate surface area is 120 Å². The van der Waals surface area contributed by atoms with Crippen molar-refractivity contribution in [3.63, 3.8) is 0 Å². The molecule has 1 aromatic rings. The van der Waals surface area contributed by atoms with Crippen LogP contribution in [0.3, 0.4) is 0 Å². The lowest BCUT2D eigenvalue weighted by Gasteiger charge is -2.21. The van der Waals surface area contributed by atoms with Crippen LogP contribution < -0.4 is 4.74 Å². The standard InChI is InChI=1S/C11H14BrNO5S/c1-7(11(14)15)13(2)19(16,17)8-4-5-10(18-3)9(12)6-8/h4-7H,1-3H3,(H,14,15). The minimum atomic E-state index is -3.86. The van der Waals surface area contributed by atoms with Gasteiger partial charge in [0.15, 0.2) is 0 Å². The van der Waals surface area contributed by atoms with Crippen molar-refractivity contribution in [2.75, 3.05) is 14.2 Å². The fourth-order valence-corrected chi connectivity index (χ4v) is 3.38. The number of likely N-dealkylation sites (N-methyl/N-ethyl adjacent to an activating group) is 1. The highest BCUT2D eigenvalue weighted by molar-refractivity contribution is 9.10. The number of hydrogen-bond acceptors (Lipinski definition) is 4. The molecule has 0 aliphatic rings. The van der Waals surface area contributed by atoms with Crippen molar-refractivity contribution in [3.8, 4) is 5.75 Å². The first-order valence-electron chi connectivity index (χ1n) is 5.26. The number of ether oxygens (including phenoxy) is 1. The second-order valence-electron chi connectivity index (χ2n) is 3.83. The Hall–Kier alpha value is -1.12. The van der Waals surface area contributed by atoms with Crippen molar-refractivity contribution >= 4 is 31.9 Å². The molecule has 0 heterocycles. The van der Waals surface area contributed by atoms with Gasteiger partial charge in [0.25, 0.3) is 0 Å². The number of sulfonamides is 1. The fourth-order valence-electron chi connectivity index (χ4n) is 1.34. The number of rotatable bonds is 5. The molecule has 6 nitrogen and oxygen atoms in total. The minimum Gasteiger partial charge on any atom is -0.496 e. The number of halogens is 1. The first kappa shape index (κ1) is 15.9. The number of hydrogen-bond donors (Lipinski definition) is 1. The second-order valence-corrected chi connectivity index (χ2v) is 6.68. The molecule has 1 unspecified atom stereocenters. The maximum atomic E-state index is 12.2. The van der Waals surface area contributed by atoms with Crippen molar-refractivity contribution in [2.24, 2.45) is 0 Å². The van der Waals surface area contributed by atoms with Crippen LogP contribution >= 0.6 is 15.9 Å². The quantitative estimate of drug-likeness (QED) is 0.869. The van der Waals surface area contributed by atoms with Gasteiger partial charge in [0.05, 0.1) is 16.5 Å². The molecule has 0 saturated heterocycles. The SMILES string of the molecule is COc1ccc(S(=O)(=O)N(C)C(C)C(=O)O)cc1Br. The van der Waals surface area contributed by atoms with E-state index in [9.17, 15) is 13.2 Å². The summed E-state index contributed by atoms with van der Waals surface area (Å²) in [5.74, 6) is -0.716. The van der Waals surface area contributed by atoms with Crippen LogP contribution in [-0.2, 0) is 14.8 Å². The molecular weight excluding hydrogens is 338 g/mol. The summed E-state index contributed by atoms with van der Waals surface area (Å²) < 4.78 is 30.8. The summed E-state index contributed by atoms with van der Waals surface area (Å²) >= 11 is 3.19. The molecule has 0 fully saturated rings. The van der Waals surface area contributed by atoms with Gasteiger partial charge in [-0.2, -0.15) is 4.31 Å². The molecule has 0 spiro atoms. The van der Waals surface area contributed by atoms with Gasteiger partial charge >= 0.3 is 5.97 Å². The van der Waals surface area contributed by atoms with Gasteiger partial charge in [-0.25, -0.2) is 8.42 Å². The van der Waals surface area contributed by atoms with Crippen LogP contribution in [0.5, 0.6) is 5.75 Å². The number of aliphatic carboxylic acids is 1. The molecule has 8 heteroatoms. The third kappa shape index (κ3) is 3.26. The number of carboxylic acid groups (broad SMARTS) is 1. The summed E-state index contributed by atoms with van der Waals surface area (Å²) in [4.78, 5) is 10.8. The molecule has 1 aromatic carbocycles. The lowest BCUT2D eigenvalue weighted by molar-refractivity contribution is -0.140. The molecule has 0 amide bonds. The minimum absolute atomic E-state index is 0.00391. The van der Waals surface area contributed by atoms with Crippen LogP contribution in [0.25, 0.3) is 0 Å². The molecule has 19 heavy (non-hydrogen) atoms. The van der Waals surface area contributed by atoms with Gasteiger partial charge < -0.3 is 9.84 Å². The monoisotopic (exact) mass is 351 g/mol. The number of methoxy groups -OCH3 is 1. The Bertz CT molecular complexity index is 587. The summed E-state index contributed by atoms with van der Waals surface area (Å²) in [6.07, 6.45) is 0. The van der Waals surface area contributed by atoms with E-state index in [1.165, 1.54) is 39.3 Å². The Morgan fingerprint density at radius 1 is 1.47 bits per heavy atom. The van der Waals surface area contributed by atoms with Crippen LogP contribution in [0, 0.1) is 0 Å². The number of carbonyl (C=O) groups is 1. The lowest BCUT2D eigenvalue weighted by Crippen LogP contribution is -2.40. The van der Waals surface area contributed by atoms with E-state index in [0.717, 1.165) is 4.31 Å². The topological polar surface area (TPSA) is 83.9 Å². The first-order chi connectivity index (χ1) is 8.71. The van der Waals surface area contributed by atoms with Gasteiger partial charge in [-0.15, -0.1) is 0 Å². The zero-order valence-electron chi connectivity index (χ0n) is 10.6. The molecule has 0 radical (unpaired) electrons. The predicted octanol–water partition coefficient (Wildman–Crippen LogP) is 1.55. The van der Waals surface area contributed by atoms with E-state index in [0.29, 0.717) is 10.2 Å². The molecule has 106 valence electrons. The fraction of sp³-hybridized carbons (Fsp3) is 0.364. The maximum Gasteiger partial charge on any atom is 0.321 e. The molecule has 0 aliphatic heterocycles. The summed E-state index contributed by atoms with van der Waals surface area (Å²) in [5.41, 5.74) is 0. The molecule has 0 aromatic heterocycles. The number of nitrogens with zero attached hydrogens (tertiary/aromatic N) is 1. The van der Waals surface area contributed by atoms with Crippen molar-refractivity contribution in [1.29, 1.82) is 0 Å². The van der Waals surface area contributed by atoms with Gasteiger partial charge in [0.2, 0.25) is 10.0 Å². The number of benzene rings is 1. The zero-order chi connectivity index (χ0) is 14.8. The van der Waals surface area contributed by atoms with Crippen LogP contribution in [0.1, 0.15) is 6.92 Å². The molecular formula is C11H14BrNO5S. The molecule has 0 bridgehead atoms. The Morgan fingerprint density at radius 2 is 2.05 bits per heavy atom. The van der Waals surface area contributed by atoms with Crippen molar-refractivity contribution in [3.05, 3.63) is 22.7 Å². The van der Waals surface area contributed by atoms with E-state index >= 15 is 0 Å². The Balaban J connectivity index is 3.20. The van der Waals surface area contributed by atoms with Gasteiger partial charge in [-0.3, -0.25) is 4.79 Å². The third-order valence-electron chi connectivity index (χ3n) is 2.70. The first-order valence-corrected chi connectivity index (χ1v) is 7.49. The van der Waals surface area contributed by atoms with Crippen molar-refractivity contribution in [2.45, 2.75) is 17.9 Å². The van der Waals surface area contributed by atoms with Crippen LogP contribution in [0.2, 0.25) is 0 Å². The normalized spacial score (nSPS) is 13.3. The summed E-state index contributed by atoms with van der Waals surface area (Å²) in [6.45, 7) is 1.30. The Kier molecular flexibility index (Phi) is 4.94. The van der Waals surface area contributed by atoms with Gasteiger partial charge in [-0.05, 0) is 41.1 Å². The van der Waals surface area contributed by atoms with E-state index < -0.39 is 22.0 Å². The molecule has 1 atom stereocenters.